The van der Waals surface area contributed by atoms with Crippen LogP contribution in [0, 0.1) is 0 Å². The number of thiophene rings is 1. The first kappa shape index (κ1) is 15.1. The molecule has 0 aromatic carbocycles. The van der Waals surface area contributed by atoms with Gasteiger partial charge in [-0.3, -0.25) is 9.20 Å². The fourth-order valence-electron chi connectivity index (χ4n) is 3.17. The van der Waals surface area contributed by atoms with Crippen molar-refractivity contribution >= 4 is 29.0 Å². The average molecular weight is 338 g/mol. The van der Waals surface area contributed by atoms with Crippen molar-refractivity contribution in [3.8, 4) is 0 Å². The van der Waals surface area contributed by atoms with Gasteiger partial charge in [-0.05, 0) is 53.4 Å². The van der Waals surface area contributed by atoms with Gasteiger partial charge in [-0.2, -0.15) is 11.3 Å². The normalized spacial score (nSPS) is 18.5. The van der Waals surface area contributed by atoms with Gasteiger partial charge >= 0.3 is 0 Å². The summed E-state index contributed by atoms with van der Waals surface area (Å²) in [4.78, 5) is 14.4. The van der Waals surface area contributed by atoms with Gasteiger partial charge in [0.05, 0.1) is 0 Å². The van der Waals surface area contributed by atoms with Crippen LogP contribution in [-0.4, -0.2) is 38.5 Å². The van der Waals surface area contributed by atoms with Crippen LogP contribution in [0.2, 0.25) is 0 Å². The second-order valence-electron chi connectivity index (χ2n) is 6.00. The van der Waals surface area contributed by atoms with Crippen LogP contribution in [-0.2, 0) is 4.79 Å². The molecule has 6 heteroatoms. The molecule has 24 heavy (non-hydrogen) atoms. The Bertz CT molecular complexity index is 868. The van der Waals surface area contributed by atoms with E-state index in [1.165, 1.54) is 0 Å². The number of carbonyl (C=O) groups is 1. The number of fused-ring (bicyclic) bond motifs is 1. The lowest BCUT2D eigenvalue weighted by atomic mass is 9.97. The van der Waals surface area contributed by atoms with E-state index < -0.39 is 0 Å². The molecule has 122 valence electrons. The van der Waals surface area contributed by atoms with E-state index in [9.17, 15) is 4.79 Å². The minimum Gasteiger partial charge on any atom is -0.338 e. The molecule has 0 aliphatic carbocycles. The summed E-state index contributed by atoms with van der Waals surface area (Å²) in [7, 11) is 0. The van der Waals surface area contributed by atoms with E-state index in [-0.39, 0.29) is 11.8 Å². The summed E-state index contributed by atoms with van der Waals surface area (Å²) in [5.41, 5.74) is 1.93. The molecule has 1 unspecified atom stereocenters. The lowest BCUT2D eigenvalue weighted by Gasteiger charge is -2.31. The van der Waals surface area contributed by atoms with Gasteiger partial charge in [0.1, 0.15) is 5.82 Å². The van der Waals surface area contributed by atoms with Crippen LogP contribution >= 0.6 is 11.3 Å². The van der Waals surface area contributed by atoms with Crippen LogP contribution in [0.15, 0.2) is 47.3 Å². The lowest BCUT2D eigenvalue weighted by molar-refractivity contribution is -0.127. The van der Waals surface area contributed by atoms with Gasteiger partial charge in [-0.1, -0.05) is 6.07 Å². The third-order valence-electron chi connectivity index (χ3n) is 4.40. The number of pyridine rings is 1. The van der Waals surface area contributed by atoms with E-state index in [0.29, 0.717) is 6.54 Å². The number of hydrogen-bond donors (Lipinski definition) is 0. The molecule has 3 aromatic heterocycles. The van der Waals surface area contributed by atoms with Crippen molar-refractivity contribution < 1.29 is 4.79 Å². The molecule has 1 aliphatic heterocycles. The Morgan fingerprint density at radius 1 is 1.29 bits per heavy atom. The zero-order valence-corrected chi connectivity index (χ0v) is 14.0. The van der Waals surface area contributed by atoms with E-state index >= 15 is 0 Å². The Morgan fingerprint density at radius 3 is 3.12 bits per heavy atom. The third-order valence-corrected chi connectivity index (χ3v) is 5.10. The molecule has 1 amide bonds. The van der Waals surface area contributed by atoms with Crippen LogP contribution < -0.4 is 0 Å². The SMILES string of the molecule is O=C(/C=C/c1ccsc1)N1CCCC(c2nnc3ccccn23)C1. The fourth-order valence-corrected chi connectivity index (χ4v) is 3.80. The first-order valence-electron chi connectivity index (χ1n) is 8.10. The van der Waals surface area contributed by atoms with Crippen molar-refractivity contribution in [1.82, 2.24) is 19.5 Å². The Balaban J connectivity index is 1.50. The summed E-state index contributed by atoms with van der Waals surface area (Å²) < 4.78 is 2.03. The molecule has 0 bridgehead atoms. The Kier molecular flexibility index (Phi) is 4.13. The van der Waals surface area contributed by atoms with Crippen molar-refractivity contribution in [1.29, 1.82) is 0 Å². The number of amides is 1. The number of aromatic nitrogens is 3. The molecule has 5 nitrogen and oxygen atoms in total. The number of piperidine rings is 1. The highest BCUT2D eigenvalue weighted by molar-refractivity contribution is 7.08. The molecule has 3 aromatic rings. The minimum atomic E-state index is 0.0692. The number of carbonyl (C=O) groups excluding carboxylic acids is 1. The minimum absolute atomic E-state index is 0.0692. The van der Waals surface area contributed by atoms with Gasteiger partial charge < -0.3 is 4.90 Å². The Labute approximate surface area is 144 Å². The van der Waals surface area contributed by atoms with Gasteiger partial charge in [-0.25, -0.2) is 0 Å². The topological polar surface area (TPSA) is 50.5 Å². The van der Waals surface area contributed by atoms with Gasteiger partial charge in [0.25, 0.3) is 0 Å². The van der Waals surface area contributed by atoms with Crippen LogP contribution in [0.3, 0.4) is 0 Å². The molecule has 4 heterocycles. The van der Waals surface area contributed by atoms with Crippen molar-refractivity contribution in [2.24, 2.45) is 0 Å². The second kappa shape index (κ2) is 6.57. The number of nitrogens with zero attached hydrogens (tertiary/aromatic N) is 4. The molecular weight excluding hydrogens is 320 g/mol. The van der Waals surface area contributed by atoms with Crippen LogP contribution in [0.1, 0.15) is 30.1 Å². The molecule has 1 aliphatic rings. The Hall–Kier alpha value is -2.47. The maximum Gasteiger partial charge on any atom is 0.246 e. The van der Waals surface area contributed by atoms with E-state index in [2.05, 4.69) is 10.2 Å². The van der Waals surface area contributed by atoms with Crippen molar-refractivity contribution in [2.45, 2.75) is 18.8 Å². The number of hydrogen-bond acceptors (Lipinski definition) is 4. The molecule has 1 atom stereocenters. The summed E-state index contributed by atoms with van der Waals surface area (Å²) in [6.07, 6.45) is 7.57. The van der Waals surface area contributed by atoms with E-state index in [0.717, 1.165) is 36.4 Å². The highest BCUT2D eigenvalue weighted by Crippen LogP contribution is 2.26. The summed E-state index contributed by atoms with van der Waals surface area (Å²) in [5.74, 6) is 1.25. The number of rotatable bonds is 3. The largest absolute Gasteiger partial charge is 0.338 e. The predicted octanol–water partition coefficient (Wildman–Crippen LogP) is 3.21. The van der Waals surface area contributed by atoms with Gasteiger partial charge in [0.15, 0.2) is 5.65 Å². The second-order valence-corrected chi connectivity index (χ2v) is 6.78. The van der Waals surface area contributed by atoms with Gasteiger partial charge in [0, 0.05) is 31.3 Å². The highest BCUT2D eigenvalue weighted by Gasteiger charge is 2.26. The zero-order chi connectivity index (χ0) is 16.4. The standard InChI is InChI=1S/C18H18N4OS/c23-17(7-6-14-8-11-24-13-14)21-9-3-4-15(12-21)18-20-19-16-5-1-2-10-22(16)18/h1-2,5-8,10-11,13,15H,3-4,9,12H2/b7-6+. The van der Waals surface area contributed by atoms with E-state index in [1.807, 2.05) is 56.6 Å². The maximum absolute atomic E-state index is 12.5. The van der Waals surface area contributed by atoms with Crippen molar-refractivity contribution in [3.63, 3.8) is 0 Å². The van der Waals surface area contributed by atoms with E-state index in [4.69, 9.17) is 0 Å². The summed E-state index contributed by atoms with van der Waals surface area (Å²) in [6.45, 7) is 1.50. The lowest BCUT2D eigenvalue weighted by Crippen LogP contribution is -2.38. The first-order chi connectivity index (χ1) is 11.8. The van der Waals surface area contributed by atoms with Gasteiger partial charge in [0.2, 0.25) is 5.91 Å². The molecular formula is C18H18N4OS. The van der Waals surface area contributed by atoms with Crippen LogP contribution in [0.25, 0.3) is 11.7 Å². The summed E-state index contributed by atoms with van der Waals surface area (Å²) in [6, 6.07) is 7.90. The summed E-state index contributed by atoms with van der Waals surface area (Å²) in [5, 5.41) is 12.6. The third kappa shape index (κ3) is 2.97. The van der Waals surface area contributed by atoms with Crippen LogP contribution in [0.4, 0.5) is 0 Å². The van der Waals surface area contributed by atoms with Crippen LogP contribution in [0.5, 0.6) is 0 Å². The fraction of sp³-hybridized carbons (Fsp3) is 0.278. The molecule has 4 rings (SSSR count). The molecule has 0 saturated carbocycles. The summed E-state index contributed by atoms with van der Waals surface area (Å²) >= 11 is 1.63. The zero-order valence-electron chi connectivity index (χ0n) is 13.2. The first-order valence-corrected chi connectivity index (χ1v) is 9.04. The Morgan fingerprint density at radius 2 is 2.25 bits per heavy atom. The average Bonchev–Trinajstić information content (AvgIpc) is 3.29. The number of likely N-dealkylation sites (tertiary alicyclic amines) is 1. The predicted molar refractivity (Wildman–Crippen MR) is 94.9 cm³/mol. The maximum atomic E-state index is 12.5. The molecule has 0 spiro atoms. The molecule has 1 saturated heterocycles. The van der Waals surface area contributed by atoms with Crippen molar-refractivity contribution in [3.05, 3.63) is 58.7 Å². The highest BCUT2D eigenvalue weighted by atomic mass is 32.1. The van der Waals surface area contributed by atoms with Crippen molar-refractivity contribution in [2.75, 3.05) is 13.1 Å². The van der Waals surface area contributed by atoms with Gasteiger partial charge in [-0.15, -0.1) is 10.2 Å². The smallest absolute Gasteiger partial charge is 0.246 e. The molecule has 0 N–H and O–H groups in total. The van der Waals surface area contributed by atoms with E-state index in [1.54, 1.807) is 17.4 Å². The monoisotopic (exact) mass is 338 g/mol. The molecule has 1 fully saturated rings. The quantitative estimate of drug-likeness (QED) is 0.689. The molecule has 0 radical (unpaired) electrons.